The van der Waals surface area contributed by atoms with Gasteiger partial charge in [-0.2, -0.15) is 0 Å². The van der Waals surface area contributed by atoms with E-state index >= 15 is 0 Å². The fourth-order valence-corrected chi connectivity index (χ4v) is 7.29. The zero-order chi connectivity index (χ0) is 33.7. The molecule has 0 saturated carbocycles. The van der Waals surface area contributed by atoms with E-state index in [4.69, 9.17) is 19.4 Å². The highest BCUT2D eigenvalue weighted by atomic mass is 16.3. The monoisotopic (exact) mass is 651 g/mol. The Kier molecular flexibility index (Phi) is 6.78. The number of hydrogen-bond acceptors (Lipinski definition) is 4. The average Bonchev–Trinajstić information content (AvgIpc) is 3.60. The molecule has 0 bridgehead atoms. The Balaban J connectivity index is 1.28. The van der Waals surface area contributed by atoms with Crippen LogP contribution >= 0.6 is 0 Å². The van der Waals surface area contributed by atoms with Crippen molar-refractivity contribution in [3.63, 3.8) is 0 Å². The van der Waals surface area contributed by atoms with Crippen LogP contribution in [-0.2, 0) is 0 Å². The second-order valence-electron chi connectivity index (χ2n) is 12.8. The van der Waals surface area contributed by atoms with Gasteiger partial charge in [-0.25, -0.2) is 15.0 Å². The van der Waals surface area contributed by atoms with E-state index in [9.17, 15) is 0 Å². The van der Waals surface area contributed by atoms with Crippen molar-refractivity contribution >= 4 is 43.6 Å². The van der Waals surface area contributed by atoms with Gasteiger partial charge in [0.1, 0.15) is 11.2 Å². The smallest absolute Gasteiger partial charge is 0.162 e. The summed E-state index contributed by atoms with van der Waals surface area (Å²) in [6, 6.07) is 60.7. The van der Waals surface area contributed by atoms with Gasteiger partial charge in [0.2, 0.25) is 0 Å². The Bertz CT molecular complexity index is 2900. The Morgan fingerprint density at radius 3 is 1.75 bits per heavy atom. The number of pyridine rings is 1. The van der Waals surface area contributed by atoms with E-state index in [2.05, 4.69) is 133 Å². The van der Waals surface area contributed by atoms with E-state index in [1.165, 1.54) is 0 Å². The minimum atomic E-state index is 0.622. The molecule has 10 aromatic rings. The molecule has 3 aromatic heterocycles. The van der Waals surface area contributed by atoms with Gasteiger partial charge in [-0.3, -0.25) is 0 Å². The third kappa shape index (κ3) is 4.96. The fraction of sp³-hybridized carbons (Fsp3) is 0. The summed E-state index contributed by atoms with van der Waals surface area (Å²) in [7, 11) is 0. The van der Waals surface area contributed by atoms with Crippen LogP contribution in [0.5, 0.6) is 0 Å². The average molecular weight is 652 g/mol. The van der Waals surface area contributed by atoms with Gasteiger partial charge in [0, 0.05) is 49.2 Å². The summed E-state index contributed by atoms with van der Waals surface area (Å²) < 4.78 is 6.40. The van der Waals surface area contributed by atoms with Crippen molar-refractivity contribution in [2.75, 3.05) is 0 Å². The van der Waals surface area contributed by atoms with E-state index in [-0.39, 0.29) is 0 Å². The molecule has 0 amide bonds. The Morgan fingerprint density at radius 1 is 0.353 bits per heavy atom. The van der Waals surface area contributed by atoms with Crippen LogP contribution in [0, 0.1) is 0 Å². The predicted molar refractivity (Wildman–Crippen MR) is 209 cm³/mol. The molecule has 7 aromatic carbocycles. The van der Waals surface area contributed by atoms with Crippen molar-refractivity contribution in [1.82, 2.24) is 15.0 Å². The van der Waals surface area contributed by atoms with Crippen LogP contribution in [-0.4, -0.2) is 15.0 Å². The first-order chi connectivity index (χ1) is 25.3. The maximum Gasteiger partial charge on any atom is 0.162 e. The number of para-hydroxylation sites is 2. The minimum absolute atomic E-state index is 0.622. The predicted octanol–water partition coefficient (Wildman–Crippen LogP) is 12.4. The highest BCUT2D eigenvalue weighted by molar-refractivity contribution is 6.29. The van der Waals surface area contributed by atoms with Crippen molar-refractivity contribution < 1.29 is 4.42 Å². The molecule has 10 rings (SSSR count). The molecule has 0 fully saturated rings. The van der Waals surface area contributed by atoms with Crippen LogP contribution in [0.1, 0.15) is 0 Å². The molecule has 51 heavy (non-hydrogen) atoms. The minimum Gasteiger partial charge on any atom is -0.456 e. The highest BCUT2D eigenvalue weighted by Gasteiger charge is 2.21. The first-order valence-electron chi connectivity index (χ1n) is 17.1. The molecule has 0 aliphatic carbocycles. The lowest BCUT2D eigenvalue weighted by molar-refractivity contribution is 0.669. The van der Waals surface area contributed by atoms with E-state index in [1.54, 1.807) is 0 Å². The zero-order valence-corrected chi connectivity index (χ0v) is 27.5. The molecule has 238 valence electrons. The fourth-order valence-electron chi connectivity index (χ4n) is 7.29. The Morgan fingerprint density at radius 2 is 0.961 bits per heavy atom. The maximum atomic E-state index is 6.40. The molecule has 0 unspecified atom stereocenters. The van der Waals surface area contributed by atoms with Crippen LogP contribution in [0.15, 0.2) is 180 Å². The first-order valence-corrected chi connectivity index (χ1v) is 17.1. The van der Waals surface area contributed by atoms with Crippen LogP contribution in [0.3, 0.4) is 0 Å². The lowest BCUT2D eigenvalue weighted by Crippen LogP contribution is -1.98. The molecule has 4 nitrogen and oxygen atoms in total. The van der Waals surface area contributed by atoms with E-state index in [0.29, 0.717) is 5.82 Å². The third-order valence-electron chi connectivity index (χ3n) is 9.68. The molecule has 0 saturated heterocycles. The number of aromatic nitrogens is 3. The highest BCUT2D eigenvalue weighted by Crippen LogP contribution is 2.43. The van der Waals surface area contributed by atoms with Gasteiger partial charge in [-0.15, -0.1) is 0 Å². The van der Waals surface area contributed by atoms with E-state index in [0.717, 1.165) is 94.1 Å². The van der Waals surface area contributed by atoms with Gasteiger partial charge >= 0.3 is 0 Å². The molecular weight excluding hydrogens is 623 g/mol. The van der Waals surface area contributed by atoms with Crippen LogP contribution < -0.4 is 0 Å². The van der Waals surface area contributed by atoms with Gasteiger partial charge in [0.05, 0.1) is 22.6 Å². The second-order valence-corrected chi connectivity index (χ2v) is 12.8. The summed E-state index contributed by atoms with van der Waals surface area (Å²) >= 11 is 0. The molecule has 0 aliphatic rings. The summed E-state index contributed by atoms with van der Waals surface area (Å²) in [6.07, 6.45) is 0. The van der Waals surface area contributed by atoms with E-state index < -0.39 is 0 Å². The summed E-state index contributed by atoms with van der Waals surface area (Å²) in [6.45, 7) is 0. The molecule has 0 radical (unpaired) electrons. The van der Waals surface area contributed by atoms with Crippen molar-refractivity contribution in [3.8, 4) is 56.3 Å². The lowest BCUT2D eigenvalue weighted by atomic mass is 9.94. The van der Waals surface area contributed by atoms with Gasteiger partial charge in [-0.1, -0.05) is 140 Å². The maximum absolute atomic E-state index is 6.40. The number of hydrogen-bond donors (Lipinski definition) is 0. The van der Waals surface area contributed by atoms with Gasteiger partial charge in [0.25, 0.3) is 0 Å². The number of furan rings is 1. The molecule has 4 heteroatoms. The SMILES string of the molecule is c1ccc(-c2cccc(-c3cc(-c4ccccc4)nc(-c4cccc5c4nc(-c4ccccc4)c4ccc6oc7ccccc7c6c45)n3)c2)cc1. The summed E-state index contributed by atoms with van der Waals surface area (Å²) in [5, 5.41) is 5.38. The van der Waals surface area contributed by atoms with Crippen molar-refractivity contribution in [3.05, 3.63) is 176 Å². The largest absolute Gasteiger partial charge is 0.456 e. The van der Waals surface area contributed by atoms with Gasteiger partial charge in [0.15, 0.2) is 5.82 Å². The Labute approximate surface area is 294 Å². The number of benzene rings is 7. The summed E-state index contributed by atoms with van der Waals surface area (Å²) in [5.41, 5.74) is 11.4. The standard InChI is InChI=1S/C47H29N3O/c1-4-14-30(15-5-1)33-20-12-21-34(28-33)40-29-39(31-16-6-2-7-17-31)48-47(49-40)38-24-13-23-36-43-37(45(50-46(36)38)32-18-8-3-9-19-32)26-27-42-44(43)35-22-10-11-25-41(35)51-42/h1-29H. The third-order valence-corrected chi connectivity index (χ3v) is 9.68. The topological polar surface area (TPSA) is 51.8 Å². The second kappa shape index (κ2) is 11.9. The molecule has 0 atom stereocenters. The van der Waals surface area contributed by atoms with Crippen LogP contribution in [0.4, 0.5) is 0 Å². The molecule has 0 aliphatic heterocycles. The summed E-state index contributed by atoms with van der Waals surface area (Å²) in [5.74, 6) is 0.622. The number of fused-ring (bicyclic) bond motifs is 7. The molecular formula is C47H29N3O. The van der Waals surface area contributed by atoms with Crippen molar-refractivity contribution in [2.45, 2.75) is 0 Å². The Hall–Kier alpha value is -6.91. The normalized spacial score (nSPS) is 11.5. The number of nitrogens with zero attached hydrogens (tertiary/aromatic N) is 3. The molecule has 0 spiro atoms. The van der Waals surface area contributed by atoms with Crippen molar-refractivity contribution in [2.24, 2.45) is 0 Å². The molecule has 0 N–H and O–H groups in total. The first kappa shape index (κ1) is 29.0. The zero-order valence-electron chi connectivity index (χ0n) is 27.5. The molecule has 3 heterocycles. The lowest BCUT2D eigenvalue weighted by Gasteiger charge is -2.15. The number of rotatable bonds is 5. The van der Waals surface area contributed by atoms with Crippen molar-refractivity contribution in [1.29, 1.82) is 0 Å². The van der Waals surface area contributed by atoms with Gasteiger partial charge in [-0.05, 0) is 47.5 Å². The van der Waals surface area contributed by atoms with Crippen LogP contribution in [0.25, 0.3) is 99.9 Å². The van der Waals surface area contributed by atoms with Crippen LogP contribution in [0.2, 0.25) is 0 Å². The van der Waals surface area contributed by atoms with Gasteiger partial charge < -0.3 is 4.42 Å². The summed E-state index contributed by atoms with van der Waals surface area (Å²) in [4.78, 5) is 16.0. The van der Waals surface area contributed by atoms with E-state index in [1.807, 2.05) is 42.5 Å². The quantitative estimate of drug-likeness (QED) is 0.174.